The topological polar surface area (TPSA) is 21.3 Å². The summed E-state index contributed by atoms with van der Waals surface area (Å²) in [5.41, 5.74) is 1.07. The molecule has 0 saturated carbocycles. The van der Waals surface area contributed by atoms with Crippen LogP contribution in [0.25, 0.3) is 0 Å². The highest BCUT2D eigenvalue weighted by molar-refractivity contribution is 9.10. The van der Waals surface area contributed by atoms with E-state index in [1.807, 2.05) is 25.2 Å². The molecule has 1 atom stereocenters. The molecule has 2 aromatic rings. The van der Waals surface area contributed by atoms with E-state index in [0.717, 1.165) is 20.8 Å². The molecule has 1 aromatic heterocycles. The van der Waals surface area contributed by atoms with Gasteiger partial charge in [0.05, 0.1) is 0 Å². The van der Waals surface area contributed by atoms with Crippen LogP contribution in [0.2, 0.25) is 5.02 Å². The van der Waals surface area contributed by atoms with Crippen molar-refractivity contribution in [3.63, 3.8) is 0 Å². The average molecular weight is 361 g/mol. The molecule has 0 fully saturated rings. The van der Waals surface area contributed by atoms with Crippen LogP contribution in [0, 0.1) is 0 Å². The minimum absolute atomic E-state index is 0.198. The lowest BCUT2D eigenvalue weighted by Crippen LogP contribution is -2.13. The Morgan fingerprint density at radius 3 is 2.84 bits per heavy atom. The van der Waals surface area contributed by atoms with Gasteiger partial charge in [-0.2, -0.15) is 0 Å². The Balaban J connectivity index is 2.15. The van der Waals surface area contributed by atoms with Gasteiger partial charge in [-0.3, -0.25) is 0 Å². The number of halogens is 2. The summed E-state index contributed by atoms with van der Waals surface area (Å²) in [5.74, 6) is 0.871. The molecule has 19 heavy (non-hydrogen) atoms. The second kappa shape index (κ2) is 6.75. The van der Waals surface area contributed by atoms with Gasteiger partial charge in [0.25, 0.3) is 0 Å². The summed E-state index contributed by atoms with van der Waals surface area (Å²) in [6.45, 7) is 2.65. The highest BCUT2D eigenvalue weighted by atomic mass is 79.9. The molecule has 1 unspecified atom stereocenters. The third-order valence-electron chi connectivity index (χ3n) is 2.86. The molecule has 1 aromatic carbocycles. The van der Waals surface area contributed by atoms with E-state index in [9.17, 15) is 0 Å². The Labute approximate surface area is 130 Å². The lowest BCUT2D eigenvalue weighted by atomic mass is 10.1. The van der Waals surface area contributed by atoms with Crippen LogP contribution >= 0.6 is 38.9 Å². The summed E-state index contributed by atoms with van der Waals surface area (Å²) < 4.78 is 7.00. The monoisotopic (exact) mass is 359 g/mol. The average Bonchev–Trinajstić information content (AvgIpc) is 2.82. The highest BCUT2D eigenvalue weighted by Gasteiger charge is 2.11. The van der Waals surface area contributed by atoms with E-state index in [1.54, 1.807) is 11.3 Å². The van der Waals surface area contributed by atoms with Crippen molar-refractivity contribution in [3.8, 4) is 5.75 Å². The van der Waals surface area contributed by atoms with Crippen LogP contribution in [0.3, 0.4) is 0 Å². The zero-order valence-corrected chi connectivity index (χ0v) is 13.9. The molecule has 2 nitrogen and oxygen atoms in total. The Hall–Kier alpha value is -0.550. The fraction of sp³-hybridized carbons (Fsp3) is 0.286. The van der Waals surface area contributed by atoms with Crippen molar-refractivity contribution in [2.24, 2.45) is 0 Å². The maximum Gasteiger partial charge on any atom is 0.124 e. The van der Waals surface area contributed by atoms with Gasteiger partial charge in [0, 0.05) is 31.4 Å². The van der Waals surface area contributed by atoms with Gasteiger partial charge in [-0.15, -0.1) is 11.3 Å². The largest absolute Gasteiger partial charge is 0.488 e. The van der Waals surface area contributed by atoms with Crippen LogP contribution in [-0.2, 0) is 6.61 Å². The van der Waals surface area contributed by atoms with Gasteiger partial charge < -0.3 is 10.1 Å². The van der Waals surface area contributed by atoms with E-state index in [-0.39, 0.29) is 6.04 Å². The first-order valence-corrected chi connectivity index (χ1v) is 7.97. The minimum atomic E-state index is 0.198. The lowest BCUT2D eigenvalue weighted by molar-refractivity contribution is 0.303. The second-order valence-corrected chi connectivity index (χ2v) is 6.56. The quantitative estimate of drug-likeness (QED) is 0.808. The molecule has 2 rings (SSSR count). The molecule has 1 heterocycles. The molecule has 102 valence electrons. The number of nitrogens with one attached hydrogen (secondary N) is 1. The maximum atomic E-state index is 6.05. The summed E-state index contributed by atoms with van der Waals surface area (Å²) in [6.07, 6.45) is 0. The number of rotatable bonds is 5. The summed E-state index contributed by atoms with van der Waals surface area (Å²) in [4.78, 5) is 1.19. The number of thiophene rings is 1. The third-order valence-corrected chi connectivity index (χ3v) is 4.77. The molecule has 0 radical (unpaired) electrons. The van der Waals surface area contributed by atoms with Crippen molar-refractivity contribution >= 4 is 38.9 Å². The van der Waals surface area contributed by atoms with Gasteiger partial charge in [-0.1, -0.05) is 11.6 Å². The smallest absolute Gasteiger partial charge is 0.124 e. The van der Waals surface area contributed by atoms with Crippen LogP contribution in [0.15, 0.2) is 34.1 Å². The maximum absolute atomic E-state index is 6.05. The summed E-state index contributed by atoms with van der Waals surface area (Å²) in [7, 11) is 1.92. The van der Waals surface area contributed by atoms with Gasteiger partial charge in [0.2, 0.25) is 0 Å². The van der Waals surface area contributed by atoms with Crippen molar-refractivity contribution < 1.29 is 4.74 Å². The van der Waals surface area contributed by atoms with E-state index in [4.69, 9.17) is 16.3 Å². The fourth-order valence-corrected chi connectivity index (χ4v) is 3.27. The first-order chi connectivity index (χ1) is 9.10. The van der Waals surface area contributed by atoms with Gasteiger partial charge in [0.1, 0.15) is 12.4 Å². The summed E-state index contributed by atoms with van der Waals surface area (Å²) in [5, 5.41) is 5.99. The van der Waals surface area contributed by atoms with Gasteiger partial charge in [-0.05, 0) is 54.2 Å². The van der Waals surface area contributed by atoms with Crippen molar-refractivity contribution in [2.45, 2.75) is 19.6 Å². The minimum Gasteiger partial charge on any atom is -0.488 e. The SMILES string of the molecule is CNC(C)c1cc(Cl)ccc1OCc1cc(Br)cs1. The molecule has 0 aliphatic carbocycles. The van der Waals surface area contributed by atoms with E-state index >= 15 is 0 Å². The molecule has 0 aliphatic heterocycles. The Morgan fingerprint density at radius 2 is 2.21 bits per heavy atom. The lowest BCUT2D eigenvalue weighted by Gasteiger charge is -2.16. The number of hydrogen-bond donors (Lipinski definition) is 1. The van der Waals surface area contributed by atoms with Gasteiger partial charge in [0.15, 0.2) is 0 Å². The standard InChI is InChI=1S/C14H15BrClNOS/c1-9(17-2)13-6-11(16)3-4-14(13)18-7-12-5-10(15)8-19-12/h3-6,8-9,17H,7H2,1-2H3. The van der Waals surface area contributed by atoms with Crippen molar-refractivity contribution in [1.82, 2.24) is 5.32 Å². The van der Waals surface area contributed by atoms with Gasteiger partial charge in [-0.25, -0.2) is 0 Å². The van der Waals surface area contributed by atoms with E-state index in [2.05, 4.69) is 39.6 Å². The Kier molecular flexibility index (Phi) is 5.28. The molecule has 0 aliphatic rings. The molecule has 0 bridgehead atoms. The van der Waals surface area contributed by atoms with Crippen molar-refractivity contribution in [3.05, 3.63) is 49.6 Å². The molecular weight excluding hydrogens is 346 g/mol. The number of hydrogen-bond acceptors (Lipinski definition) is 3. The van der Waals surface area contributed by atoms with Gasteiger partial charge >= 0.3 is 0 Å². The van der Waals surface area contributed by atoms with Crippen molar-refractivity contribution in [1.29, 1.82) is 0 Å². The van der Waals surface area contributed by atoms with E-state index in [0.29, 0.717) is 6.61 Å². The van der Waals surface area contributed by atoms with E-state index < -0.39 is 0 Å². The predicted octanol–water partition coefficient (Wildman–Crippen LogP) is 5.02. The van der Waals surface area contributed by atoms with Crippen molar-refractivity contribution in [2.75, 3.05) is 7.05 Å². The zero-order valence-electron chi connectivity index (χ0n) is 10.7. The molecule has 0 saturated heterocycles. The van der Waals surface area contributed by atoms with Crippen LogP contribution in [0.4, 0.5) is 0 Å². The predicted molar refractivity (Wildman–Crippen MR) is 85.3 cm³/mol. The first-order valence-electron chi connectivity index (χ1n) is 5.92. The Bertz CT molecular complexity index is 558. The van der Waals surface area contributed by atoms with Crippen LogP contribution in [0.1, 0.15) is 23.4 Å². The Morgan fingerprint density at radius 1 is 1.42 bits per heavy atom. The van der Waals surface area contributed by atoms with Crippen LogP contribution < -0.4 is 10.1 Å². The normalized spacial score (nSPS) is 12.4. The third kappa shape index (κ3) is 3.96. The molecule has 5 heteroatoms. The van der Waals surface area contributed by atoms with Crippen LogP contribution in [0.5, 0.6) is 5.75 Å². The van der Waals surface area contributed by atoms with Crippen LogP contribution in [-0.4, -0.2) is 7.05 Å². The fourth-order valence-electron chi connectivity index (χ4n) is 1.72. The number of ether oxygens (including phenoxy) is 1. The zero-order chi connectivity index (χ0) is 13.8. The van der Waals surface area contributed by atoms with E-state index in [1.165, 1.54) is 4.88 Å². The molecule has 0 spiro atoms. The second-order valence-electron chi connectivity index (χ2n) is 4.21. The first kappa shape index (κ1) is 14.9. The molecule has 1 N–H and O–H groups in total. The number of benzene rings is 1. The molecule has 0 amide bonds. The summed E-state index contributed by atoms with van der Waals surface area (Å²) in [6, 6.07) is 7.99. The molecular formula is C14H15BrClNOS. The highest BCUT2D eigenvalue weighted by Crippen LogP contribution is 2.29. The summed E-state index contributed by atoms with van der Waals surface area (Å²) >= 11 is 11.2.